The highest BCUT2D eigenvalue weighted by atomic mass is 32.2. The fourth-order valence-electron chi connectivity index (χ4n) is 2.75. The van der Waals surface area contributed by atoms with E-state index in [-0.39, 0.29) is 10.7 Å². The highest BCUT2D eigenvalue weighted by Gasteiger charge is 2.21. The first-order valence-electron chi connectivity index (χ1n) is 8.85. The van der Waals surface area contributed by atoms with Crippen LogP contribution < -0.4 is 9.62 Å². The first-order chi connectivity index (χ1) is 13.8. The molecule has 6 nitrogen and oxygen atoms in total. The van der Waals surface area contributed by atoms with Crippen molar-refractivity contribution >= 4 is 33.1 Å². The Morgan fingerprint density at radius 1 is 0.828 bits per heavy atom. The molecule has 29 heavy (non-hydrogen) atoms. The third-order valence-electron chi connectivity index (χ3n) is 4.40. The number of hydrogen-bond acceptors (Lipinski definition) is 4. The molecule has 0 fully saturated rings. The van der Waals surface area contributed by atoms with Crippen LogP contribution in [0.5, 0.6) is 0 Å². The Bertz CT molecular complexity index is 1160. The Balaban J connectivity index is 1.85. The molecule has 0 bridgehead atoms. The van der Waals surface area contributed by atoms with Crippen LogP contribution >= 0.6 is 0 Å². The summed E-state index contributed by atoms with van der Waals surface area (Å²) in [5.41, 5.74) is 1.63. The van der Waals surface area contributed by atoms with Crippen LogP contribution in [0.1, 0.15) is 27.6 Å². The van der Waals surface area contributed by atoms with Gasteiger partial charge in [0.25, 0.3) is 15.9 Å². The van der Waals surface area contributed by atoms with Gasteiger partial charge in [0.05, 0.1) is 10.6 Å². The number of amides is 1. The van der Waals surface area contributed by atoms with Crippen LogP contribution in [0.2, 0.25) is 0 Å². The van der Waals surface area contributed by atoms with Gasteiger partial charge in [-0.2, -0.15) is 0 Å². The lowest BCUT2D eigenvalue weighted by molar-refractivity contribution is 0.101. The number of carbonyl (C=O) groups excluding carboxylic acids is 2. The Kier molecular flexibility index (Phi) is 5.79. The number of rotatable bonds is 6. The molecule has 7 heteroatoms. The predicted molar refractivity (Wildman–Crippen MR) is 113 cm³/mol. The van der Waals surface area contributed by atoms with Crippen molar-refractivity contribution in [3.8, 4) is 0 Å². The standard InChI is InChI=1S/C22H20N2O4S/c1-16(25)17-8-6-10-19(14-17)23-22(26)18-9-7-11-20(15-18)24(2)29(27,28)21-12-4-3-5-13-21/h3-15H,1-2H3,(H,23,26). The Morgan fingerprint density at radius 3 is 2.17 bits per heavy atom. The molecule has 1 N–H and O–H groups in total. The predicted octanol–water partition coefficient (Wildman–Crippen LogP) is 3.97. The Hall–Kier alpha value is -3.45. The van der Waals surface area contributed by atoms with Crippen LogP contribution in [0.4, 0.5) is 11.4 Å². The normalized spacial score (nSPS) is 11.0. The van der Waals surface area contributed by atoms with Crippen LogP contribution in [-0.2, 0) is 10.0 Å². The number of nitrogens with one attached hydrogen (secondary N) is 1. The van der Waals surface area contributed by atoms with E-state index >= 15 is 0 Å². The molecule has 0 atom stereocenters. The quantitative estimate of drug-likeness (QED) is 0.626. The second-order valence-corrected chi connectivity index (χ2v) is 8.40. The molecular weight excluding hydrogens is 388 g/mol. The van der Waals surface area contributed by atoms with E-state index in [4.69, 9.17) is 0 Å². The monoisotopic (exact) mass is 408 g/mol. The van der Waals surface area contributed by atoms with Crippen LogP contribution in [0.3, 0.4) is 0 Å². The van der Waals surface area contributed by atoms with Gasteiger partial charge in [-0.1, -0.05) is 36.4 Å². The minimum atomic E-state index is -3.74. The highest BCUT2D eigenvalue weighted by Crippen LogP contribution is 2.23. The highest BCUT2D eigenvalue weighted by molar-refractivity contribution is 7.92. The maximum atomic E-state index is 12.8. The second-order valence-electron chi connectivity index (χ2n) is 6.43. The van der Waals surface area contributed by atoms with Gasteiger partial charge in [-0.15, -0.1) is 0 Å². The number of Topliss-reactive ketones (excluding diaryl/α,β-unsaturated/α-hetero) is 1. The third kappa shape index (κ3) is 4.52. The zero-order valence-corrected chi connectivity index (χ0v) is 16.8. The van der Waals surface area contributed by atoms with Crippen molar-refractivity contribution in [1.82, 2.24) is 0 Å². The summed E-state index contributed by atoms with van der Waals surface area (Å²) in [6.45, 7) is 1.45. The van der Waals surface area contributed by atoms with E-state index in [1.54, 1.807) is 60.7 Å². The zero-order valence-electron chi connectivity index (χ0n) is 16.0. The Labute approximate surface area is 169 Å². The van der Waals surface area contributed by atoms with Crippen molar-refractivity contribution in [2.24, 2.45) is 0 Å². The number of anilines is 2. The molecule has 0 aliphatic carbocycles. The number of ketones is 1. The van der Waals surface area contributed by atoms with E-state index < -0.39 is 15.9 Å². The van der Waals surface area contributed by atoms with Gasteiger partial charge in [0.2, 0.25) is 0 Å². The lowest BCUT2D eigenvalue weighted by atomic mass is 10.1. The van der Waals surface area contributed by atoms with Crippen molar-refractivity contribution < 1.29 is 18.0 Å². The van der Waals surface area contributed by atoms with E-state index in [1.165, 1.54) is 32.2 Å². The Morgan fingerprint density at radius 2 is 1.48 bits per heavy atom. The molecule has 0 saturated carbocycles. The fraction of sp³-hybridized carbons (Fsp3) is 0.0909. The average Bonchev–Trinajstić information content (AvgIpc) is 2.74. The molecule has 1 amide bonds. The van der Waals surface area contributed by atoms with Gasteiger partial charge in [0.15, 0.2) is 5.78 Å². The molecular formula is C22H20N2O4S. The summed E-state index contributed by atoms with van der Waals surface area (Å²) in [7, 11) is -2.30. The number of benzene rings is 3. The van der Waals surface area contributed by atoms with Crippen LogP contribution in [0.15, 0.2) is 83.8 Å². The molecule has 0 aliphatic heterocycles. The molecule has 0 heterocycles. The molecule has 3 aromatic carbocycles. The van der Waals surface area contributed by atoms with Crippen LogP contribution in [-0.4, -0.2) is 27.2 Å². The topological polar surface area (TPSA) is 83.6 Å². The SMILES string of the molecule is CC(=O)c1cccc(NC(=O)c2cccc(N(C)S(=O)(=O)c3ccccc3)c2)c1. The molecule has 148 valence electrons. The molecule has 0 radical (unpaired) electrons. The van der Waals surface area contributed by atoms with Crippen molar-refractivity contribution in [1.29, 1.82) is 0 Å². The van der Waals surface area contributed by atoms with Gasteiger partial charge in [-0.3, -0.25) is 13.9 Å². The van der Waals surface area contributed by atoms with Gasteiger partial charge < -0.3 is 5.32 Å². The summed E-state index contributed by atoms with van der Waals surface area (Å²) in [5, 5.41) is 2.73. The summed E-state index contributed by atoms with van der Waals surface area (Å²) >= 11 is 0. The maximum Gasteiger partial charge on any atom is 0.264 e. The summed E-state index contributed by atoms with van der Waals surface area (Å²) in [6, 6.07) is 21.0. The fourth-order valence-corrected chi connectivity index (χ4v) is 3.96. The molecule has 0 unspecified atom stereocenters. The first-order valence-corrected chi connectivity index (χ1v) is 10.3. The summed E-state index contributed by atoms with van der Waals surface area (Å²) in [4.78, 5) is 24.3. The second kappa shape index (κ2) is 8.28. The number of sulfonamides is 1. The lowest BCUT2D eigenvalue weighted by Gasteiger charge is -2.20. The molecule has 0 spiro atoms. The zero-order chi connectivity index (χ0) is 21.0. The van der Waals surface area contributed by atoms with E-state index in [0.29, 0.717) is 22.5 Å². The molecule has 3 rings (SSSR count). The summed E-state index contributed by atoms with van der Waals surface area (Å²) < 4.78 is 26.7. The van der Waals surface area contributed by atoms with Gasteiger partial charge in [0.1, 0.15) is 0 Å². The smallest absolute Gasteiger partial charge is 0.264 e. The van der Waals surface area contributed by atoms with E-state index in [2.05, 4.69) is 5.32 Å². The minimum absolute atomic E-state index is 0.101. The maximum absolute atomic E-state index is 12.8. The van der Waals surface area contributed by atoms with Crippen molar-refractivity contribution in [3.05, 3.63) is 90.0 Å². The van der Waals surface area contributed by atoms with E-state index in [1.807, 2.05) is 0 Å². The van der Waals surface area contributed by atoms with Gasteiger partial charge in [-0.05, 0) is 49.4 Å². The van der Waals surface area contributed by atoms with Crippen molar-refractivity contribution in [2.45, 2.75) is 11.8 Å². The average molecular weight is 408 g/mol. The van der Waals surface area contributed by atoms with Gasteiger partial charge in [0, 0.05) is 23.9 Å². The minimum Gasteiger partial charge on any atom is -0.322 e. The van der Waals surface area contributed by atoms with Gasteiger partial charge in [-0.25, -0.2) is 8.42 Å². The summed E-state index contributed by atoms with van der Waals surface area (Å²) in [5.74, 6) is -0.506. The molecule has 3 aromatic rings. The van der Waals surface area contributed by atoms with Crippen LogP contribution in [0, 0.1) is 0 Å². The lowest BCUT2D eigenvalue weighted by Crippen LogP contribution is -2.26. The molecule has 0 aromatic heterocycles. The first kappa shape index (κ1) is 20.3. The van der Waals surface area contributed by atoms with Crippen molar-refractivity contribution in [3.63, 3.8) is 0 Å². The van der Waals surface area contributed by atoms with Crippen LogP contribution in [0.25, 0.3) is 0 Å². The number of carbonyl (C=O) groups is 2. The largest absolute Gasteiger partial charge is 0.322 e. The van der Waals surface area contributed by atoms with Crippen molar-refractivity contribution in [2.75, 3.05) is 16.7 Å². The summed E-state index contributed by atoms with van der Waals surface area (Å²) in [6.07, 6.45) is 0. The third-order valence-corrected chi connectivity index (χ3v) is 6.20. The van der Waals surface area contributed by atoms with Gasteiger partial charge >= 0.3 is 0 Å². The number of hydrogen-bond donors (Lipinski definition) is 1. The van der Waals surface area contributed by atoms with E-state index in [0.717, 1.165) is 4.31 Å². The molecule has 0 aliphatic rings. The number of nitrogens with zero attached hydrogens (tertiary/aromatic N) is 1. The van der Waals surface area contributed by atoms with E-state index in [9.17, 15) is 18.0 Å². The molecule has 0 saturated heterocycles.